The number of allylic oxidation sites excluding steroid dienone is 4. The first kappa shape index (κ1) is 14.5. The van der Waals surface area contributed by atoms with Crippen LogP contribution < -0.4 is 5.73 Å². The summed E-state index contributed by atoms with van der Waals surface area (Å²) in [6.45, 7) is 0. The molecule has 7 heteroatoms. The smallest absolute Gasteiger partial charge is 0.269 e. The number of carbonyl (C=O) groups excluding carboxylic acids is 1. The lowest BCUT2D eigenvalue weighted by Crippen LogP contribution is -2.25. The molecule has 0 fully saturated rings. The molecule has 1 heterocycles. The molecule has 3 rings (SSSR count). The van der Waals surface area contributed by atoms with Gasteiger partial charge in [0, 0.05) is 18.6 Å². The SMILES string of the molecule is N#CC1=C(N)OC2=C(C(=O)C=CC2)C1c1ccc([N+](=O)[O-])cc1. The lowest BCUT2D eigenvalue weighted by molar-refractivity contribution is -0.384. The lowest BCUT2D eigenvalue weighted by Gasteiger charge is -2.29. The Balaban J connectivity index is 2.13. The van der Waals surface area contributed by atoms with Crippen LogP contribution in [0.2, 0.25) is 0 Å². The average Bonchev–Trinajstić information content (AvgIpc) is 2.54. The van der Waals surface area contributed by atoms with Crippen LogP contribution in [0.4, 0.5) is 5.69 Å². The number of benzene rings is 1. The molecule has 23 heavy (non-hydrogen) atoms. The Morgan fingerprint density at radius 3 is 2.65 bits per heavy atom. The van der Waals surface area contributed by atoms with Gasteiger partial charge in [0.2, 0.25) is 5.88 Å². The maximum absolute atomic E-state index is 12.2. The first-order valence-corrected chi connectivity index (χ1v) is 6.78. The molecule has 0 bridgehead atoms. The summed E-state index contributed by atoms with van der Waals surface area (Å²) in [5, 5.41) is 20.2. The van der Waals surface area contributed by atoms with Crippen LogP contribution in [-0.2, 0) is 9.53 Å². The van der Waals surface area contributed by atoms with Gasteiger partial charge < -0.3 is 10.5 Å². The number of ketones is 1. The van der Waals surface area contributed by atoms with E-state index in [1.165, 1.54) is 30.3 Å². The van der Waals surface area contributed by atoms with E-state index in [0.29, 0.717) is 23.3 Å². The zero-order valence-corrected chi connectivity index (χ0v) is 11.9. The average molecular weight is 309 g/mol. The molecule has 0 spiro atoms. The molecule has 1 aliphatic carbocycles. The highest BCUT2D eigenvalue weighted by atomic mass is 16.6. The van der Waals surface area contributed by atoms with Crippen LogP contribution in [0.15, 0.2) is 59.2 Å². The second-order valence-corrected chi connectivity index (χ2v) is 5.08. The standard InChI is InChI=1S/C16H11N3O4/c17-8-11-14(9-4-6-10(7-5-9)19(21)22)15-12(20)2-1-3-13(15)23-16(11)18/h1-2,4-7,14H,3,18H2. The highest BCUT2D eigenvalue weighted by molar-refractivity contribution is 6.07. The van der Waals surface area contributed by atoms with Crippen LogP contribution >= 0.6 is 0 Å². The van der Waals surface area contributed by atoms with Gasteiger partial charge in [0.05, 0.1) is 16.4 Å². The largest absolute Gasteiger partial charge is 0.444 e. The molecule has 2 aliphatic rings. The number of nitrogens with two attached hydrogens (primary N) is 1. The van der Waals surface area contributed by atoms with Crippen molar-refractivity contribution in [3.63, 3.8) is 0 Å². The first-order valence-electron chi connectivity index (χ1n) is 6.78. The van der Waals surface area contributed by atoms with Gasteiger partial charge in [0.25, 0.3) is 5.69 Å². The van der Waals surface area contributed by atoms with E-state index in [1.54, 1.807) is 6.08 Å². The molecule has 7 nitrogen and oxygen atoms in total. The van der Waals surface area contributed by atoms with Gasteiger partial charge in [-0.3, -0.25) is 14.9 Å². The number of hydrogen-bond donors (Lipinski definition) is 1. The van der Waals surface area contributed by atoms with Gasteiger partial charge in [0.15, 0.2) is 5.78 Å². The number of carbonyl (C=O) groups is 1. The Kier molecular flexibility index (Phi) is 3.43. The third-order valence-electron chi connectivity index (χ3n) is 3.77. The zero-order valence-electron chi connectivity index (χ0n) is 11.9. The maximum Gasteiger partial charge on any atom is 0.269 e. The van der Waals surface area contributed by atoms with E-state index in [2.05, 4.69) is 0 Å². The van der Waals surface area contributed by atoms with Crippen molar-refractivity contribution in [2.45, 2.75) is 12.3 Å². The van der Waals surface area contributed by atoms with Crippen molar-refractivity contribution in [2.24, 2.45) is 5.73 Å². The van der Waals surface area contributed by atoms with E-state index in [-0.39, 0.29) is 22.9 Å². The minimum Gasteiger partial charge on any atom is -0.444 e. The Morgan fingerprint density at radius 1 is 1.35 bits per heavy atom. The summed E-state index contributed by atoms with van der Waals surface area (Å²) in [6, 6.07) is 7.69. The number of non-ortho nitro benzene ring substituents is 1. The van der Waals surface area contributed by atoms with Crippen LogP contribution in [0.1, 0.15) is 17.9 Å². The maximum atomic E-state index is 12.2. The van der Waals surface area contributed by atoms with Crippen molar-refractivity contribution in [3.05, 3.63) is 74.9 Å². The predicted molar refractivity (Wildman–Crippen MR) is 79.5 cm³/mol. The fourth-order valence-electron chi connectivity index (χ4n) is 2.73. The number of nitriles is 1. The molecule has 1 aromatic rings. The molecule has 1 aliphatic heterocycles. The fourth-order valence-corrected chi connectivity index (χ4v) is 2.73. The van der Waals surface area contributed by atoms with Gasteiger partial charge in [0.1, 0.15) is 17.4 Å². The fraction of sp³-hybridized carbons (Fsp3) is 0.125. The van der Waals surface area contributed by atoms with Gasteiger partial charge in [-0.1, -0.05) is 18.2 Å². The van der Waals surface area contributed by atoms with Crippen molar-refractivity contribution >= 4 is 11.5 Å². The molecule has 0 radical (unpaired) electrons. The number of nitro groups is 1. The van der Waals surface area contributed by atoms with E-state index in [1.807, 2.05) is 6.07 Å². The molecule has 2 N–H and O–H groups in total. The van der Waals surface area contributed by atoms with Gasteiger partial charge in [-0.25, -0.2) is 0 Å². The number of rotatable bonds is 2. The van der Waals surface area contributed by atoms with Gasteiger partial charge in [-0.15, -0.1) is 0 Å². The summed E-state index contributed by atoms with van der Waals surface area (Å²) in [7, 11) is 0. The van der Waals surface area contributed by atoms with Gasteiger partial charge >= 0.3 is 0 Å². The predicted octanol–water partition coefficient (Wildman–Crippen LogP) is 2.19. The lowest BCUT2D eigenvalue weighted by atomic mass is 9.79. The molecule has 0 saturated heterocycles. The molecule has 114 valence electrons. The number of nitro benzene ring substituents is 1. The molecular formula is C16H11N3O4. The quantitative estimate of drug-likeness (QED) is 0.660. The van der Waals surface area contributed by atoms with Crippen molar-refractivity contribution < 1.29 is 14.5 Å². The molecule has 0 saturated carbocycles. The monoisotopic (exact) mass is 309 g/mol. The molecule has 0 aromatic heterocycles. The van der Waals surface area contributed by atoms with Crippen LogP contribution in [0.25, 0.3) is 0 Å². The van der Waals surface area contributed by atoms with Crippen LogP contribution in [0, 0.1) is 21.4 Å². The summed E-state index contributed by atoms with van der Waals surface area (Å²) >= 11 is 0. The highest BCUT2D eigenvalue weighted by Crippen LogP contribution is 2.42. The van der Waals surface area contributed by atoms with Gasteiger partial charge in [-0.2, -0.15) is 5.26 Å². The minimum absolute atomic E-state index is 0.0438. The normalized spacial score (nSPS) is 20.0. The topological polar surface area (TPSA) is 119 Å². The Labute approximate surface area is 131 Å². The van der Waals surface area contributed by atoms with E-state index in [9.17, 15) is 20.2 Å². The minimum atomic E-state index is -0.679. The second-order valence-electron chi connectivity index (χ2n) is 5.08. The first-order chi connectivity index (χ1) is 11.0. The molecule has 1 unspecified atom stereocenters. The van der Waals surface area contributed by atoms with E-state index in [0.717, 1.165) is 0 Å². The second kappa shape index (κ2) is 5.42. The number of hydrogen-bond acceptors (Lipinski definition) is 6. The molecular weight excluding hydrogens is 298 g/mol. The van der Waals surface area contributed by atoms with Crippen molar-refractivity contribution in [3.8, 4) is 6.07 Å². The molecule has 0 amide bonds. The van der Waals surface area contributed by atoms with Crippen molar-refractivity contribution in [1.82, 2.24) is 0 Å². The summed E-state index contributed by atoms with van der Waals surface area (Å²) in [6.07, 6.45) is 3.50. The summed E-state index contributed by atoms with van der Waals surface area (Å²) in [4.78, 5) is 22.5. The summed E-state index contributed by atoms with van der Waals surface area (Å²) in [5.74, 6) is -0.563. The van der Waals surface area contributed by atoms with Crippen LogP contribution in [0.3, 0.4) is 0 Å². The zero-order chi connectivity index (χ0) is 16.6. The third kappa shape index (κ3) is 2.36. The molecule has 1 aromatic carbocycles. The number of ether oxygens (including phenoxy) is 1. The molecule has 1 atom stereocenters. The van der Waals surface area contributed by atoms with Crippen molar-refractivity contribution in [1.29, 1.82) is 5.26 Å². The Morgan fingerprint density at radius 2 is 2.04 bits per heavy atom. The highest BCUT2D eigenvalue weighted by Gasteiger charge is 2.36. The van der Waals surface area contributed by atoms with E-state index in [4.69, 9.17) is 10.5 Å². The van der Waals surface area contributed by atoms with Crippen molar-refractivity contribution in [2.75, 3.05) is 0 Å². The van der Waals surface area contributed by atoms with E-state index < -0.39 is 10.8 Å². The van der Waals surface area contributed by atoms with Crippen LogP contribution in [-0.4, -0.2) is 10.7 Å². The number of nitrogens with zero attached hydrogens (tertiary/aromatic N) is 2. The Hall–Kier alpha value is -3.40. The summed E-state index contributed by atoms with van der Waals surface area (Å²) in [5.41, 5.74) is 6.79. The Bertz CT molecular complexity index is 841. The third-order valence-corrected chi connectivity index (χ3v) is 3.77. The summed E-state index contributed by atoms with van der Waals surface area (Å²) < 4.78 is 5.41. The van der Waals surface area contributed by atoms with E-state index >= 15 is 0 Å². The van der Waals surface area contributed by atoms with Gasteiger partial charge in [-0.05, 0) is 11.6 Å². The van der Waals surface area contributed by atoms with Crippen LogP contribution in [0.5, 0.6) is 0 Å².